The molecule has 1 rings (SSSR count). The van der Waals surface area contributed by atoms with Crippen LogP contribution in [0.4, 0.5) is 10.5 Å². The number of carboxylic acid groups (broad SMARTS) is 1. The van der Waals surface area contributed by atoms with Crippen molar-refractivity contribution >= 4 is 57.0 Å². The Kier molecular flexibility index (Phi) is 7.18. The first kappa shape index (κ1) is 17.1. The zero-order valence-electron chi connectivity index (χ0n) is 10.7. The third-order valence-electron chi connectivity index (χ3n) is 2.39. The minimum absolute atomic E-state index is 0.362. The Hall–Kier alpha value is -0.920. The lowest BCUT2D eigenvalue weighted by Gasteiger charge is -2.15. The summed E-state index contributed by atoms with van der Waals surface area (Å²) in [6.07, 6.45) is 2.24. The lowest BCUT2D eigenvalue weighted by molar-refractivity contribution is -0.139. The largest absolute Gasteiger partial charge is 0.480 e. The Labute approximate surface area is 134 Å². The quantitative estimate of drug-likeness (QED) is 0.705. The van der Waals surface area contributed by atoms with Crippen LogP contribution in [-0.2, 0) is 4.79 Å². The predicted octanol–water partition coefficient (Wildman–Crippen LogP) is 3.43. The van der Waals surface area contributed by atoms with Crippen LogP contribution in [0.1, 0.15) is 6.42 Å². The number of hydrogen-bond acceptors (Lipinski definition) is 3. The number of halogens is 2. The van der Waals surface area contributed by atoms with Crippen molar-refractivity contribution in [3.05, 3.63) is 27.7 Å². The van der Waals surface area contributed by atoms with Gasteiger partial charge < -0.3 is 15.7 Å². The van der Waals surface area contributed by atoms with Gasteiger partial charge in [0.05, 0.1) is 5.69 Å². The van der Waals surface area contributed by atoms with Crippen LogP contribution in [0.3, 0.4) is 0 Å². The number of benzene rings is 1. The highest BCUT2D eigenvalue weighted by Crippen LogP contribution is 2.25. The van der Waals surface area contributed by atoms with Crippen LogP contribution in [-0.4, -0.2) is 35.2 Å². The summed E-state index contributed by atoms with van der Waals surface area (Å²) in [6, 6.07) is 3.44. The van der Waals surface area contributed by atoms with Gasteiger partial charge in [-0.25, -0.2) is 9.59 Å². The van der Waals surface area contributed by atoms with Gasteiger partial charge in [-0.15, -0.1) is 0 Å². The molecule has 5 nitrogen and oxygen atoms in total. The molecule has 1 atom stereocenters. The van der Waals surface area contributed by atoms with Gasteiger partial charge in [-0.2, -0.15) is 11.8 Å². The SMILES string of the molecule is CSCCC(NC(=O)Nc1cc(Cl)ccc1Br)C(=O)O. The van der Waals surface area contributed by atoms with Crippen LogP contribution in [0.5, 0.6) is 0 Å². The fourth-order valence-corrected chi connectivity index (χ4v) is 2.39. The standard InChI is InChI=1S/C12H14BrClN2O3S/c1-20-5-4-9(11(17)18)15-12(19)16-10-6-7(14)2-3-8(10)13/h2-3,6,9H,4-5H2,1H3,(H,17,18)(H2,15,16,19). The smallest absolute Gasteiger partial charge is 0.326 e. The molecule has 0 saturated heterocycles. The maximum atomic E-state index is 11.8. The molecule has 0 aliphatic heterocycles. The van der Waals surface area contributed by atoms with Crippen molar-refractivity contribution in [1.29, 1.82) is 0 Å². The highest BCUT2D eigenvalue weighted by Gasteiger charge is 2.19. The van der Waals surface area contributed by atoms with Crippen LogP contribution in [0.15, 0.2) is 22.7 Å². The minimum atomic E-state index is -1.06. The molecule has 0 spiro atoms. The molecule has 1 unspecified atom stereocenters. The van der Waals surface area contributed by atoms with E-state index in [0.717, 1.165) is 0 Å². The zero-order chi connectivity index (χ0) is 15.1. The van der Waals surface area contributed by atoms with E-state index in [-0.39, 0.29) is 0 Å². The molecule has 0 aliphatic carbocycles. The summed E-state index contributed by atoms with van der Waals surface area (Å²) in [4.78, 5) is 22.8. The van der Waals surface area contributed by atoms with Gasteiger partial charge in [0.2, 0.25) is 0 Å². The third kappa shape index (κ3) is 5.60. The highest BCUT2D eigenvalue weighted by molar-refractivity contribution is 9.10. The number of carboxylic acids is 1. The number of carbonyl (C=O) groups excluding carboxylic acids is 1. The van der Waals surface area contributed by atoms with Gasteiger partial charge in [0, 0.05) is 9.50 Å². The van der Waals surface area contributed by atoms with E-state index in [1.54, 1.807) is 18.2 Å². The van der Waals surface area contributed by atoms with Crippen molar-refractivity contribution in [2.75, 3.05) is 17.3 Å². The molecule has 8 heteroatoms. The molecule has 20 heavy (non-hydrogen) atoms. The summed E-state index contributed by atoms with van der Waals surface area (Å²) in [5, 5.41) is 14.5. The molecule has 0 fully saturated rings. The molecule has 2 amide bonds. The number of urea groups is 1. The average molecular weight is 382 g/mol. The molecule has 0 aliphatic rings. The number of carbonyl (C=O) groups is 2. The molecule has 0 aromatic heterocycles. The molecule has 0 radical (unpaired) electrons. The number of anilines is 1. The van der Waals surface area contributed by atoms with Gasteiger partial charge in [0.25, 0.3) is 0 Å². The first-order chi connectivity index (χ1) is 9.43. The molecule has 1 aromatic rings. The Morgan fingerprint density at radius 2 is 2.20 bits per heavy atom. The fourth-order valence-electron chi connectivity index (χ4n) is 1.40. The topological polar surface area (TPSA) is 78.4 Å². The molecule has 110 valence electrons. The van der Waals surface area contributed by atoms with Gasteiger partial charge in [-0.05, 0) is 52.6 Å². The van der Waals surface area contributed by atoms with E-state index >= 15 is 0 Å². The number of hydrogen-bond donors (Lipinski definition) is 3. The van der Waals surface area contributed by atoms with Crippen LogP contribution in [0.2, 0.25) is 5.02 Å². The van der Waals surface area contributed by atoms with Crippen molar-refractivity contribution in [1.82, 2.24) is 5.32 Å². The maximum Gasteiger partial charge on any atom is 0.326 e. The second-order valence-electron chi connectivity index (χ2n) is 3.89. The Morgan fingerprint density at radius 3 is 2.80 bits per heavy atom. The summed E-state index contributed by atoms with van der Waals surface area (Å²) in [7, 11) is 0. The number of thioether (sulfide) groups is 1. The monoisotopic (exact) mass is 380 g/mol. The maximum absolute atomic E-state index is 11.8. The number of nitrogens with one attached hydrogen (secondary N) is 2. The van der Waals surface area contributed by atoms with E-state index in [4.69, 9.17) is 16.7 Å². The van der Waals surface area contributed by atoms with Crippen LogP contribution >= 0.6 is 39.3 Å². The number of rotatable bonds is 6. The van der Waals surface area contributed by atoms with Crippen LogP contribution < -0.4 is 10.6 Å². The predicted molar refractivity (Wildman–Crippen MR) is 85.7 cm³/mol. The number of aliphatic carboxylic acids is 1. The molecule has 0 bridgehead atoms. The highest BCUT2D eigenvalue weighted by atomic mass is 79.9. The summed E-state index contributed by atoms with van der Waals surface area (Å²) in [6.45, 7) is 0. The Balaban J connectivity index is 2.65. The molecule has 3 N–H and O–H groups in total. The summed E-state index contributed by atoms with van der Waals surface area (Å²) < 4.78 is 0.660. The Bertz CT molecular complexity index is 502. The summed E-state index contributed by atoms with van der Waals surface area (Å²) in [5.74, 6) is -0.405. The van der Waals surface area contributed by atoms with Crippen LogP contribution in [0.25, 0.3) is 0 Å². The molecule has 1 aromatic carbocycles. The average Bonchev–Trinajstić information content (AvgIpc) is 2.38. The molecule has 0 heterocycles. The Morgan fingerprint density at radius 1 is 1.50 bits per heavy atom. The van der Waals surface area contributed by atoms with E-state index in [0.29, 0.717) is 27.4 Å². The molecular weight excluding hydrogens is 368 g/mol. The van der Waals surface area contributed by atoms with Gasteiger partial charge >= 0.3 is 12.0 Å². The van der Waals surface area contributed by atoms with Crippen LogP contribution in [0, 0.1) is 0 Å². The van der Waals surface area contributed by atoms with E-state index in [2.05, 4.69) is 26.6 Å². The normalized spacial score (nSPS) is 11.8. The van der Waals surface area contributed by atoms with Crippen molar-refractivity contribution < 1.29 is 14.7 Å². The van der Waals surface area contributed by atoms with Gasteiger partial charge in [-0.1, -0.05) is 11.6 Å². The van der Waals surface area contributed by atoms with Crippen molar-refractivity contribution in [2.45, 2.75) is 12.5 Å². The third-order valence-corrected chi connectivity index (χ3v) is 3.96. The second kappa shape index (κ2) is 8.39. The second-order valence-corrected chi connectivity index (χ2v) is 6.17. The lowest BCUT2D eigenvalue weighted by Crippen LogP contribution is -2.43. The van der Waals surface area contributed by atoms with Crippen molar-refractivity contribution in [3.8, 4) is 0 Å². The first-order valence-electron chi connectivity index (χ1n) is 5.68. The fraction of sp³-hybridized carbons (Fsp3) is 0.333. The molecule has 0 saturated carbocycles. The van der Waals surface area contributed by atoms with Gasteiger partial charge in [0.1, 0.15) is 6.04 Å². The first-order valence-corrected chi connectivity index (χ1v) is 8.25. The number of amides is 2. The molecular formula is C12H14BrClN2O3S. The minimum Gasteiger partial charge on any atom is -0.480 e. The zero-order valence-corrected chi connectivity index (χ0v) is 13.8. The van der Waals surface area contributed by atoms with E-state index in [1.165, 1.54) is 11.8 Å². The van der Waals surface area contributed by atoms with Crippen molar-refractivity contribution in [3.63, 3.8) is 0 Å². The van der Waals surface area contributed by atoms with Gasteiger partial charge in [0.15, 0.2) is 0 Å². The van der Waals surface area contributed by atoms with E-state index < -0.39 is 18.0 Å². The summed E-state index contributed by atoms with van der Waals surface area (Å²) >= 11 is 10.6. The van der Waals surface area contributed by atoms with E-state index in [1.807, 2.05) is 6.26 Å². The van der Waals surface area contributed by atoms with E-state index in [9.17, 15) is 9.59 Å². The summed E-state index contributed by atoms with van der Waals surface area (Å²) in [5.41, 5.74) is 0.476. The van der Waals surface area contributed by atoms with Crippen molar-refractivity contribution in [2.24, 2.45) is 0 Å². The van der Waals surface area contributed by atoms with Gasteiger partial charge in [-0.3, -0.25) is 0 Å². The lowest BCUT2D eigenvalue weighted by atomic mass is 10.2.